The van der Waals surface area contributed by atoms with E-state index < -0.39 is 71.4 Å². The molecular formula is C51H69N3O12. The molecule has 360 valence electrons. The van der Waals surface area contributed by atoms with Crippen LogP contribution < -0.4 is 17.1 Å². The van der Waals surface area contributed by atoms with E-state index in [2.05, 4.69) is 0 Å². The number of phenols is 3. The highest BCUT2D eigenvalue weighted by molar-refractivity contribution is 5.79. The van der Waals surface area contributed by atoms with Crippen LogP contribution in [0.4, 0.5) is 0 Å². The molecule has 4 rings (SSSR count). The number of esters is 3. The molecule has 0 fully saturated rings. The molecule has 15 heteroatoms. The molecule has 0 saturated carbocycles. The van der Waals surface area contributed by atoms with Gasteiger partial charge in [-0.1, -0.05) is 98.7 Å². The van der Waals surface area contributed by atoms with Gasteiger partial charge in [0.2, 0.25) is 0 Å². The van der Waals surface area contributed by atoms with Crippen LogP contribution in [0.3, 0.4) is 0 Å². The Balaban J connectivity index is 1.76. The van der Waals surface area contributed by atoms with Gasteiger partial charge in [-0.3, -0.25) is 14.4 Å². The monoisotopic (exact) mass is 915 g/mol. The Kier molecular flexibility index (Phi) is 16.0. The van der Waals surface area contributed by atoms with Crippen LogP contribution in [-0.2, 0) is 47.9 Å². The first-order valence-corrected chi connectivity index (χ1v) is 22.4. The molecule has 1 aromatic heterocycles. The van der Waals surface area contributed by atoms with E-state index in [1.54, 1.807) is 57.2 Å². The van der Waals surface area contributed by atoms with Crippen LogP contribution in [0, 0.1) is 16.2 Å². The summed E-state index contributed by atoms with van der Waals surface area (Å²) in [5, 5.41) is 31.6. The maximum Gasteiger partial charge on any atom is 0.342 e. The van der Waals surface area contributed by atoms with Crippen LogP contribution in [0.2, 0.25) is 0 Å². The number of hydrogen-bond donors (Lipinski definition) is 3. The molecule has 6 unspecified atom stereocenters. The average molecular weight is 916 g/mol. The number of nitrogens with zero attached hydrogens (tertiary/aromatic N) is 3. The smallest absolute Gasteiger partial charge is 0.342 e. The fourth-order valence-corrected chi connectivity index (χ4v) is 7.67. The van der Waals surface area contributed by atoms with Crippen molar-refractivity contribution in [2.24, 2.45) is 16.2 Å². The van der Waals surface area contributed by atoms with Gasteiger partial charge in [0.1, 0.15) is 17.2 Å². The van der Waals surface area contributed by atoms with Gasteiger partial charge < -0.3 is 29.5 Å². The SMILES string of the molecule is CC(C(=O)OC(C)n1c(=O)n(C(C)OC(=O)C(C)c2ccc(O)c(CC(C)(C)C)c2)c(=O)n(C(C)OC(=O)C(C)c2ccc(O)c(CC(C)(C)C)c2)c1=O)c1ccc(O)c(CC(C)(C)C)c1. The fourth-order valence-electron chi connectivity index (χ4n) is 7.67. The maximum absolute atomic E-state index is 14.4. The van der Waals surface area contributed by atoms with Gasteiger partial charge in [0.25, 0.3) is 0 Å². The highest BCUT2D eigenvalue weighted by atomic mass is 16.6. The Bertz CT molecular complexity index is 2300. The lowest BCUT2D eigenvalue weighted by molar-refractivity contribution is -0.156. The normalized spacial score (nSPS) is 15.0. The summed E-state index contributed by atoms with van der Waals surface area (Å²) in [6.07, 6.45) is -3.43. The molecular weight excluding hydrogens is 847 g/mol. The van der Waals surface area contributed by atoms with E-state index in [1.165, 1.54) is 39.0 Å². The largest absolute Gasteiger partial charge is 0.508 e. The molecule has 3 N–H and O–H groups in total. The van der Waals surface area contributed by atoms with E-state index in [0.29, 0.717) is 66.3 Å². The number of ether oxygens (including phenoxy) is 3. The number of aromatic hydroxyl groups is 3. The summed E-state index contributed by atoms with van der Waals surface area (Å²) in [6, 6.07) is 14.2. The summed E-state index contributed by atoms with van der Waals surface area (Å²) in [6.45, 7) is 26.5. The van der Waals surface area contributed by atoms with Crippen molar-refractivity contribution in [1.82, 2.24) is 13.7 Å². The lowest BCUT2D eigenvalue weighted by Crippen LogP contribution is -2.57. The molecule has 1 heterocycles. The van der Waals surface area contributed by atoms with E-state index in [4.69, 9.17) is 14.2 Å². The fraction of sp³-hybridized carbons (Fsp3) is 0.529. The Labute approximate surface area is 387 Å². The molecule has 0 aliphatic heterocycles. The first-order chi connectivity index (χ1) is 30.3. The summed E-state index contributed by atoms with van der Waals surface area (Å²) in [5.74, 6) is -5.15. The van der Waals surface area contributed by atoms with Gasteiger partial charge >= 0.3 is 35.0 Å². The van der Waals surface area contributed by atoms with Gasteiger partial charge in [-0.05, 0) is 129 Å². The van der Waals surface area contributed by atoms with Crippen molar-refractivity contribution >= 4 is 17.9 Å². The van der Waals surface area contributed by atoms with E-state index in [1.807, 2.05) is 62.3 Å². The third kappa shape index (κ3) is 13.0. The number of benzene rings is 3. The maximum atomic E-state index is 14.4. The van der Waals surface area contributed by atoms with Crippen LogP contribution in [0.5, 0.6) is 17.2 Å². The molecule has 3 aromatic carbocycles. The van der Waals surface area contributed by atoms with E-state index in [-0.39, 0.29) is 33.5 Å². The second-order valence-corrected chi connectivity index (χ2v) is 21.1. The van der Waals surface area contributed by atoms with Gasteiger partial charge in [0.15, 0.2) is 18.7 Å². The number of carbonyl (C=O) groups is 3. The Hall–Kier alpha value is -6.12. The number of aromatic nitrogens is 3. The van der Waals surface area contributed by atoms with Crippen molar-refractivity contribution in [2.45, 2.75) is 160 Å². The van der Waals surface area contributed by atoms with Gasteiger partial charge in [-0.25, -0.2) is 28.1 Å². The highest BCUT2D eigenvalue weighted by Gasteiger charge is 2.32. The van der Waals surface area contributed by atoms with Gasteiger partial charge in [0, 0.05) is 0 Å². The number of carbonyl (C=O) groups excluding carboxylic acids is 3. The lowest BCUT2D eigenvalue weighted by atomic mass is 9.86. The zero-order chi connectivity index (χ0) is 50.0. The molecule has 0 amide bonds. The summed E-state index contributed by atoms with van der Waals surface area (Å²) in [7, 11) is 0. The third-order valence-corrected chi connectivity index (χ3v) is 11.2. The quantitative estimate of drug-likeness (QED) is 0.0757. The number of rotatable bonds is 15. The molecule has 0 radical (unpaired) electrons. The second-order valence-electron chi connectivity index (χ2n) is 21.1. The summed E-state index contributed by atoms with van der Waals surface area (Å²) in [4.78, 5) is 84.3. The van der Waals surface area contributed by atoms with Crippen molar-refractivity contribution in [1.29, 1.82) is 0 Å². The van der Waals surface area contributed by atoms with Crippen molar-refractivity contribution in [2.75, 3.05) is 0 Å². The predicted octanol–water partition coefficient (Wildman–Crippen LogP) is 8.65. The molecule has 6 atom stereocenters. The minimum atomic E-state index is -1.65. The van der Waals surface area contributed by atoms with Crippen molar-refractivity contribution < 1.29 is 43.9 Å². The molecule has 0 aliphatic rings. The zero-order valence-electron chi connectivity index (χ0n) is 41.1. The molecule has 0 bridgehead atoms. The van der Waals surface area contributed by atoms with Gasteiger partial charge in [-0.15, -0.1) is 0 Å². The predicted molar refractivity (Wildman–Crippen MR) is 251 cm³/mol. The lowest BCUT2D eigenvalue weighted by Gasteiger charge is -2.25. The zero-order valence-corrected chi connectivity index (χ0v) is 41.1. The van der Waals surface area contributed by atoms with Crippen LogP contribution >= 0.6 is 0 Å². The second kappa shape index (κ2) is 20.2. The molecule has 15 nitrogen and oxygen atoms in total. The Morgan fingerprint density at radius 2 is 0.652 bits per heavy atom. The van der Waals surface area contributed by atoms with Crippen LogP contribution in [0.1, 0.15) is 174 Å². The summed E-state index contributed by atoms with van der Waals surface area (Å²) >= 11 is 0. The minimum Gasteiger partial charge on any atom is -0.508 e. The molecule has 66 heavy (non-hydrogen) atoms. The summed E-state index contributed by atoms with van der Waals surface area (Å²) in [5.41, 5.74) is -1.06. The van der Waals surface area contributed by atoms with Crippen molar-refractivity contribution in [3.05, 3.63) is 119 Å². The minimum absolute atomic E-state index is 0.0621. The Morgan fingerprint density at radius 1 is 0.439 bits per heavy atom. The van der Waals surface area contributed by atoms with Crippen molar-refractivity contribution in [3.8, 4) is 17.2 Å². The number of hydrogen-bond acceptors (Lipinski definition) is 12. The summed E-state index contributed by atoms with van der Waals surface area (Å²) < 4.78 is 18.7. The molecule has 4 aromatic rings. The van der Waals surface area contributed by atoms with Crippen molar-refractivity contribution in [3.63, 3.8) is 0 Å². The number of phenolic OH excluding ortho intramolecular Hbond substituents is 3. The van der Waals surface area contributed by atoms with E-state index in [9.17, 15) is 44.1 Å². The topological polar surface area (TPSA) is 206 Å². The first-order valence-electron chi connectivity index (χ1n) is 22.4. The Morgan fingerprint density at radius 3 is 0.848 bits per heavy atom. The molecule has 0 spiro atoms. The van der Waals surface area contributed by atoms with Crippen LogP contribution in [0.15, 0.2) is 69.0 Å². The average Bonchev–Trinajstić information content (AvgIpc) is 3.17. The van der Waals surface area contributed by atoms with Gasteiger partial charge in [0.05, 0.1) is 17.8 Å². The van der Waals surface area contributed by atoms with Crippen LogP contribution in [0.25, 0.3) is 0 Å². The van der Waals surface area contributed by atoms with E-state index in [0.717, 1.165) is 0 Å². The first kappa shape index (κ1) is 52.5. The van der Waals surface area contributed by atoms with Gasteiger partial charge in [-0.2, -0.15) is 0 Å². The van der Waals surface area contributed by atoms with Crippen LogP contribution in [-0.4, -0.2) is 46.9 Å². The molecule has 0 aliphatic carbocycles. The standard InChI is InChI=1S/C51H69N3O12/c1-28(34-16-19-40(55)37(22-34)25-49(7,8)9)43(58)64-31(4)52-46(61)53(32(5)65-44(59)29(2)35-17-20-41(56)38(23-35)26-50(10,11)12)48(63)54(47(52)62)33(6)66-45(60)30(3)36-18-21-42(57)39(24-36)27-51(13,14)15/h16-24,28-33,55-57H,25-27H2,1-15H3. The highest BCUT2D eigenvalue weighted by Crippen LogP contribution is 2.33. The third-order valence-electron chi connectivity index (χ3n) is 11.2. The molecule has 0 saturated heterocycles. The van der Waals surface area contributed by atoms with E-state index >= 15 is 0 Å².